The first kappa shape index (κ1) is 11.3. The summed E-state index contributed by atoms with van der Waals surface area (Å²) in [5.74, 6) is 0. The van der Waals surface area contributed by atoms with Gasteiger partial charge in [-0.25, -0.2) is 13.6 Å². The summed E-state index contributed by atoms with van der Waals surface area (Å²) in [5, 5.41) is 4.91. The van der Waals surface area contributed by atoms with E-state index >= 15 is 0 Å². The van der Waals surface area contributed by atoms with Gasteiger partial charge in [-0.1, -0.05) is 0 Å². The average molecular weight is 224 g/mol. The van der Waals surface area contributed by atoms with Crippen LogP contribution in [0.3, 0.4) is 0 Å². The van der Waals surface area contributed by atoms with Crippen molar-refractivity contribution in [3.8, 4) is 0 Å². The highest BCUT2D eigenvalue weighted by Gasteiger charge is 2.27. The van der Waals surface area contributed by atoms with Crippen molar-refractivity contribution >= 4 is 22.7 Å². The van der Waals surface area contributed by atoms with Crippen molar-refractivity contribution in [1.29, 1.82) is 0 Å². The molecule has 2 N–H and O–H groups in total. The molecule has 1 unspecified atom stereocenters. The summed E-state index contributed by atoms with van der Waals surface area (Å²) in [6.45, 7) is 3.53. The predicted octanol–water partition coefficient (Wildman–Crippen LogP) is 0.0151. The first-order valence-corrected chi connectivity index (χ1v) is 6.47. The van der Waals surface area contributed by atoms with E-state index in [1.807, 2.05) is 6.92 Å². The van der Waals surface area contributed by atoms with Gasteiger partial charge in [0.15, 0.2) is 0 Å². The molecule has 0 radical (unpaired) electrons. The van der Waals surface area contributed by atoms with Crippen LogP contribution in [0.5, 0.6) is 0 Å². The summed E-state index contributed by atoms with van der Waals surface area (Å²) in [5.41, 5.74) is 0. The van der Waals surface area contributed by atoms with E-state index in [9.17, 15) is 8.42 Å². The molecule has 1 fully saturated rings. The van der Waals surface area contributed by atoms with Crippen LogP contribution in [0.2, 0.25) is 0 Å². The Bertz CT molecular complexity index is 256. The SMILES string of the molecule is CC(S)N1CCC(S(N)(=O)=O)CC1. The Balaban J connectivity index is 2.49. The minimum atomic E-state index is -3.33. The first-order valence-electron chi connectivity index (χ1n) is 4.35. The summed E-state index contributed by atoms with van der Waals surface area (Å²) in [6.07, 6.45) is 1.26. The van der Waals surface area contributed by atoms with E-state index in [0.717, 1.165) is 13.1 Å². The van der Waals surface area contributed by atoms with Crippen LogP contribution >= 0.6 is 12.6 Å². The maximum absolute atomic E-state index is 11.0. The maximum Gasteiger partial charge on any atom is 0.212 e. The molecule has 1 atom stereocenters. The van der Waals surface area contributed by atoms with Crippen molar-refractivity contribution in [2.45, 2.75) is 30.4 Å². The van der Waals surface area contributed by atoms with E-state index in [2.05, 4.69) is 17.5 Å². The number of thiol groups is 1. The van der Waals surface area contributed by atoms with Crippen LogP contribution < -0.4 is 5.14 Å². The summed E-state index contributed by atoms with van der Waals surface area (Å²) < 4.78 is 22.0. The number of hydrogen-bond donors (Lipinski definition) is 2. The van der Waals surface area contributed by atoms with E-state index in [1.54, 1.807) is 0 Å². The number of piperidine rings is 1. The lowest BCUT2D eigenvalue weighted by atomic mass is 10.1. The number of nitrogens with two attached hydrogens (primary N) is 1. The van der Waals surface area contributed by atoms with Gasteiger partial charge in [0.2, 0.25) is 10.0 Å². The van der Waals surface area contributed by atoms with Crippen LogP contribution in [-0.4, -0.2) is 37.0 Å². The summed E-state index contributed by atoms with van der Waals surface area (Å²) in [7, 11) is -3.33. The van der Waals surface area contributed by atoms with E-state index in [0.29, 0.717) is 12.8 Å². The molecule has 1 aliphatic rings. The molecule has 0 aromatic heterocycles. The Kier molecular flexibility index (Phi) is 3.62. The molecular formula is C7H16N2O2S2. The lowest BCUT2D eigenvalue weighted by Gasteiger charge is -2.32. The minimum Gasteiger partial charge on any atom is -0.292 e. The van der Waals surface area contributed by atoms with Crippen molar-refractivity contribution in [1.82, 2.24) is 4.90 Å². The zero-order chi connectivity index (χ0) is 10.1. The van der Waals surface area contributed by atoms with E-state index in [-0.39, 0.29) is 10.6 Å². The first-order chi connectivity index (χ1) is 5.91. The number of rotatable bonds is 2. The molecule has 4 nitrogen and oxygen atoms in total. The van der Waals surface area contributed by atoms with Gasteiger partial charge in [-0.15, -0.1) is 0 Å². The molecule has 0 aromatic rings. The Hall–Kier alpha value is 0.220. The van der Waals surface area contributed by atoms with Crippen molar-refractivity contribution in [3.63, 3.8) is 0 Å². The van der Waals surface area contributed by atoms with Crippen LogP contribution in [0.4, 0.5) is 0 Å². The lowest BCUT2D eigenvalue weighted by molar-refractivity contribution is 0.224. The fourth-order valence-electron chi connectivity index (χ4n) is 1.58. The van der Waals surface area contributed by atoms with E-state index in [1.165, 1.54) is 0 Å². The Morgan fingerprint density at radius 1 is 1.46 bits per heavy atom. The number of nitrogens with zero attached hydrogens (tertiary/aromatic N) is 1. The molecule has 0 bridgehead atoms. The second-order valence-corrected chi connectivity index (χ2v) is 6.05. The van der Waals surface area contributed by atoms with Gasteiger partial charge in [0, 0.05) is 18.5 Å². The topological polar surface area (TPSA) is 63.4 Å². The molecule has 1 saturated heterocycles. The van der Waals surface area contributed by atoms with Crippen LogP contribution in [-0.2, 0) is 10.0 Å². The molecule has 1 rings (SSSR count). The van der Waals surface area contributed by atoms with Crippen molar-refractivity contribution in [3.05, 3.63) is 0 Å². The zero-order valence-corrected chi connectivity index (χ0v) is 9.39. The van der Waals surface area contributed by atoms with Gasteiger partial charge in [0.05, 0.1) is 5.25 Å². The van der Waals surface area contributed by atoms with Crippen LogP contribution in [0.1, 0.15) is 19.8 Å². The Labute approximate surface area is 84.9 Å². The third kappa shape index (κ3) is 3.12. The molecule has 0 spiro atoms. The van der Waals surface area contributed by atoms with Crippen LogP contribution in [0.15, 0.2) is 0 Å². The summed E-state index contributed by atoms with van der Waals surface area (Å²) >= 11 is 4.29. The van der Waals surface area contributed by atoms with Crippen molar-refractivity contribution < 1.29 is 8.42 Å². The van der Waals surface area contributed by atoms with Crippen molar-refractivity contribution in [2.24, 2.45) is 5.14 Å². The third-order valence-corrected chi connectivity index (χ3v) is 4.20. The fraction of sp³-hybridized carbons (Fsp3) is 1.00. The lowest BCUT2D eigenvalue weighted by Crippen LogP contribution is -2.43. The monoisotopic (exact) mass is 224 g/mol. The Morgan fingerprint density at radius 2 is 1.92 bits per heavy atom. The molecule has 78 valence electrons. The molecule has 13 heavy (non-hydrogen) atoms. The number of hydrogen-bond acceptors (Lipinski definition) is 4. The third-order valence-electron chi connectivity index (χ3n) is 2.47. The van der Waals surface area contributed by atoms with Gasteiger partial charge in [0.1, 0.15) is 0 Å². The highest BCUT2D eigenvalue weighted by molar-refractivity contribution is 7.89. The van der Waals surface area contributed by atoms with E-state index in [4.69, 9.17) is 5.14 Å². The number of primary sulfonamides is 1. The smallest absolute Gasteiger partial charge is 0.212 e. The Morgan fingerprint density at radius 3 is 2.23 bits per heavy atom. The second kappa shape index (κ2) is 4.16. The predicted molar refractivity (Wildman–Crippen MR) is 56.2 cm³/mol. The zero-order valence-electron chi connectivity index (χ0n) is 7.68. The van der Waals surface area contributed by atoms with Crippen LogP contribution in [0.25, 0.3) is 0 Å². The molecule has 0 saturated carbocycles. The normalized spacial score (nSPS) is 24.5. The van der Waals surface area contributed by atoms with Gasteiger partial charge < -0.3 is 0 Å². The largest absolute Gasteiger partial charge is 0.292 e. The quantitative estimate of drug-likeness (QED) is 0.650. The highest BCUT2D eigenvalue weighted by Crippen LogP contribution is 2.18. The molecule has 1 heterocycles. The summed E-state index contributed by atoms with van der Waals surface area (Å²) in [4.78, 5) is 2.14. The minimum absolute atomic E-state index is 0.196. The summed E-state index contributed by atoms with van der Waals surface area (Å²) in [6, 6.07) is 0. The van der Waals surface area contributed by atoms with Crippen LogP contribution in [0, 0.1) is 0 Å². The standard InChI is InChI=1S/C7H16N2O2S2/c1-6(12)9-4-2-7(3-5-9)13(8,10)11/h6-7,12H,2-5H2,1H3,(H2,8,10,11). The van der Waals surface area contributed by atoms with Gasteiger partial charge in [-0.3, -0.25) is 4.90 Å². The highest BCUT2D eigenvalue weighted by atomic mass is 32.2. The molecule has 1 aliphatic heterocycles. The molecule has 6 heteroatoms. The van der Waals surface area contributed by atoms with Gasteiger partial charge in [-0.2, -0.15) is 12.6 Å². The fourth-order valence-corrected chi connectivity index (χ4v) is 2.68. The number of likely N-dealkylation sites (tertiary alicyclic amines) is 1. The second-order valence-electron chi connectivity index (χ2n) is 3.46. The average Bonchev–Trinajstić information content (AvgIpc) is 2.03. The molecular weight excluding hydrogens is 208 g/mol. The molecule has 0 amide bonds. The molecule has 0 aromatic carbocycles. The van der Waals surface area contributed by atoms with E-state index < -0.39 is 10.0 Å². The number of sulfonamides is 1. The van der Waals surface area contributed by atoms with Crippen molar-refractivity contribution in [2.75, 3.05) is 13.1 Å². The van der Waals surface area contributed by atoms with Gasteiger partial charge in [-0.05, 0) is 19.8 Å². The van der Waals surface area contributed by atoms with Gasteiger partial charge >= 0.3 is 0 Å². The maximum atomic E-state index is 11.0. The molecule has 0 aliphatic carbocycles. The van der Waals surface area contributed by atoms with Gasteiger partial charge in [0.25, 0.3) is 0 Å².